The van der Waals surface area contributed by atoms with E-state index in [0.29, 0.717) is 22.4 Å². The van der Waals surface area contributed by atoms with Crippen LogP contribution in [0.4, 0.5) is 5.69 Å². The summed E-state index contributed by atoms with van der Waals surface area (Å²) in [5, 5.41) is 2.75. The fourth-order valence-corrected chi connectivity index (χ4v) is 2.89. The predicted octanol–water partition coefficient (Wildman–Crippen LogP) is 3.45. The van der Waals surface area contributed by atoms with Crippen LogP contribution in [0.15, 0.2) is 88.1 Å². The number of hydrogen-bond donors (Lipinski definition) is 1. The van der Waals surface area contributed by atoms with Crippen LogP contribution in [0.5, 0.6) is 5.75 Å². The number of aromatic nitrogens is 1. The summed E-state index contributed by atoms with van der Waals surface area (Å²) < 4.78 is 11.6. The SMILES string of the molecule is O=C(Cn1c(=O)oc2ccccc21)Oc1cccc(NC(=O)c2ccccc2)c1. The third-order valence-electron chi connectivity index (χ3n) is 4.22. The first kappa shape index (κ1) is 18.2. The summed E-state index contributed by atoms with van der Waals surface area (Å²) in [4.78, 5) is 36.6. The van der Waals surface area contributed by atoms with Gasteiger partial charge in [-0.1, -0.05) is 36.4 Å². The number of amides is 1. The van der Waals surface area contributed by atoms with Gasteiger partial charge in [0.25, 0.3) is 5.91 Å². The van der Waals surface area contributed by atoms with Gasteiger partial charge in [0.1, 0.15) is 12.3 Å². The molecular formula is C22H16N2O5. The number of fused-ring (bicyclic) bond motifs is 1. The number of hydrogen-bond acceptors (Lipinski definition) is 5. The number of ether oxygens (including phenoxy) is 1. The average Bonchev–Trinajstić information content (AvgIpc) is 3.04. The van der Waals surface area contributed by atoms with Crippen LogP contribution in [0.25, 0.3) is 11.1 Å². The molecule has 0 radical (unpaired) electrons. The maximum atomic E-state index is 12.3. The van der Waals surface area contributed by atoms with Gasteiger partial charge in [-0.2, -0.15) is 0 Å². The number of carbonyl (C=O) groups is 2. The molecule has 1 aromatic heterocycles. The molecule has 0 unspecified atom stereocenters. The third kappa shape index (κ3) is 4.08. The van der Waals surface area contributed by atoms with Crippen molar-refractivity contribution in [3.8, 4) is 5.75 Å². The molecule has 0 aliphatic heterocycles. The van der Waals surface area contributed by atoms with E-state index < -0.39 is 11.7 Å². The molecule has 1 amide bonds. The fourth-order valence-electron chi connectivity index (χ4n) is 2.89. The number of rotatable bonds is 5. The van der Waals surface area contributed by atoms with Crippen LogP contribution in [0.1, 0.15) is 10.4 Å². The highest BCUT2D eigenvalue weighted by Crippen LogP contribution is 2.19. The number of oxazole rings is 1. The van der Waals surface area contributed by atoms with E-state index in [1.54, 1.807) is 66.7 Å². The molecule has 0 fully saturated rings. The van der Waals surface area contributed by atoms with Crippen molar-refractivity contribution in [1.82, 2.24) is 4.57 Å². The van der Waals surface area contributed by atoms with Crippen LogP contribution in [0.2, 0.25) is 0 Å². The summed E-state index contributed by atoms with van der Waals surface area (Å²) in [5.41, 5.74) is 1.91. The quantitative estimate of drug-likeness (QED) is 0.418. The second kappa shape index (κ2) is 7.85. The van der Waals surface area contributed by atoms with Gasteiger partial charge in [-0.3, -0.25) is 9.36 Å². The highest BCUT2D eigenvalue weighted by molar-refractivity contribution is 6.04. The van der Waals surface area contributed by atoms with Gasteiger partial charge in [0.2, 0.25) is 0 Å². The molecule has 4 aromatic rings. The van der Waals surface area contributed by atoms with Crippen LogP contribution >= 0.6 is 0 Å². The first-order valence-electron chi connectivity index (χ1n) is 8.86. The maximum absolute atomic E-state index is 12.3. The number of benzene rings is 3. The van der Waals surface area contributed by atoms with E-state index in [4.69, 9.17) is 9.15 Å². The second-order valence-corrected chi connectivity index (χ2v) is 6.24. The molecule has 7 heteroatoms. The standard InChI is InChI=1S/C22H16N2O5/c25-20(14-24-18-11-4-5-12-19(18)29-22(24)27)28-17-10-6-9-16(13-17)23-21(26)15-7-2-1-3-8-15/h1-13H,14H2,(H,23,26). The Balaban J connectivity index is 1.46. The molecule has 7 nitrogen and oxygen atoms in total. The number of nitrogens with zero attached hydrogens (tertiary/aromatic N) is 1. The summed E-state index contributed by atoms with van der Waals surface area (Å²) in [6.07, 6.45) is 0. The molecule has 0 saturated heterocycles. The summed E-state index contributed by atoms with van der Waals surface area (Å²) in [6, 6.07) is 22.1. The minimum absolute atomic E-state index is 0.252. The highest BCUT2D eigenvalue weighted by Gasteiger charge is 2.14. The summed E-state index contributed by atoms with van der Waals surface area (Å²) >= 11 is 0. The van der Waals surface area contributed by atoms with Crippen molar-refractivity contribution < 1.29 is 18.7 Å². The Morgan fingerprint density at radius 1 is 0.931 bits per heavy atom. The van der Waals surface area contributed by atoms with Gasteiger partial charge in [0.15, 0.2) is 5.58 Å². The van der Waals surface area contributed by atoms with Crippen molar-refractivity contribution in [2.45, 2.75) is 6.54 Å². The van der Waals surface area contributed by atoms with E-state index in [1.165, 1.54) is 10.6 Å². The van der Waals surface area contributed by atoms with E-state index >= 15 is 0 Å². The van der Waals surface area contributed by atoms with Gasteiger partial charge >= 0.3 is 11.7 Å². The normalized spacial score (nSPS) is 10.6. The zero-order chi connectivity index (χ0) is 20.2. The van der Waals surface area contributed by atoms with Gasteiger partial charge in [-0.25, -0.2) is 9.59 Å². The summed E-state index contributed by atoms with van der Waals surface area (Å²) in [7, 11) is 0. The number of nitrogens with one attached hydrogen (secondary N) is 1. The molecular weight excluding hydrogens is 372 g/mol. The minimum atomic E-state index is -0.634. The lowest BCUT2D eigenvalue weighted by Crippen LogP contribution is -2.23. The molecule has 29 heavy (non-hydrogen) atoms. The number of anilines is 1. The Bertz CT molecular complexity index is 1240. The number of para-hydroxylation sites is 2. The van der Waals surface area contributed by atoms with Crippen LogP contribution in [0, 0.1) is 0 Å². The molecule has 0 saturated carbocycles. The van der Waals surface area contributed by atoms with Crippen LogP contribution in [0.3, 0.4) is 0 Å². The Kier molecular flexibility index (Phi) is 4.94. The molecule has 0 atom stereocenters. The smallest absolute Gasteiger partial charge is 0.420 e. The number of esters is 1. The Morgan fingerprint density at radius 2 is 1.69 bits per heavy atom. The average molecular weight is 388 g/mol. The van der Waals surface area contributed by atoms with Crippen molar-refractivity contribution in [1.29, 1.82) is 0 Å². The van der Waals surface area contributed by atoms with E-state index in [-0.39, 0.29) is 18.2 Å². The van der Waals surface area contributed by atoms with Gasteiger partial charge < -0.3 is 14.5 Å². The first-order valence-corrected chi connectivity index (χ1v) is 8.86. The topological polar surface area (TPSA) is 90.5 Å². The van der Waals surface area contributed by atoms with E-state index in [0.717, 1.165) is 0 Å². The van der Waals surface area contributed by atoms with Crippen LogP contribution < -0.4 is 15.8 Å². The van der Waals surface area contributed by atoms with Crippen molar-refractivity contribution in [2.75, 3.05) is 5.32 Å². The molecule has 3 aromatic carbocycles. The zero-order valence-electron chi connectivity index (χ0n) is 15.2. The van der Waals surface area contributed by atoms with E-state index in [9.17, 15) is 14.4 Å². The third-order valence-corrected chi connectivity index (χ3v) is 4.22. The lowest BCUT2D eigenvalue weighted by Gasteiger charge is -2.08. The predicted molar refractivity (Wildman–Crippen MR) is 107 cm³/mol. The lowest BCUT2D eigenvalue weighted by atomic mass is 10.2. The minimum Gasteiger partial charge on any atom is -0.425 e. The van der Waals surface area contributed by atoms with Gasteiger partial charge in [-0.15, -0.1) is 0 Å². The van der Waals surface area contributed by atoms with Gasteiger partial charge in [0, 0.05) is 17.3 Å². The van der Waals surface area contributed by atoms with E-state index in [2.05, 4.69) is 5.32 Å². The monoisotopic (exact) mass is 388 g/mol. The summed E-state index contributed by atoms with van der Waals surface area (Å²) in [6.45, 7) is -0.295. The van der Waals surface area contributed by atoms with Gasteiger partial charge in [0.05, 0.1) is 5.52 Å². The van der Waals surface area contributed by atoms with Crippen molar-refractivity contribution in [3.63, 3.8) is 0 Å². The first-order chi connectivity index (χ1) is 14.1. The Labute approximate surface area is 165 Å². The summed E-state index contributed by atoms with van der Waals surface area (Å²) in [5.74, 6) is -1.29. The molecule has 4 rings (SSSR count). The largest absolute Gasteiger partial charge is 0.425 e. The molecule has 1 N–H and O–H groups in total. The van der Waals surface area contributed by atoms with Crippen LogP contribution in [-0.4, -0.2) is 16.4 Å². The van der Waals surface area contributed by atoms with Crippen molar-refractivity contribution in [2.24, 2.45) is 0 Å². The van der Waals surface area contributed by atoms with Gasteiger partial charge in [-0.05, 0) is 36.4 Å². The zero-order valence-corrected chi connectivity index (χ0v) is 15.2. The molecule has 0 bridgehead atoms. The lowest BCUT2D eigenvalue weighted by molar-refractivity contribution is -0.135. The molecule has 1 heterocycles. The molecule has 144 valence electrons. The number of carbonyl (C=O) groups excluding carboxylic acids is 2. The van der Waals surface area contributed by atoms with Crippen molar-refractivity contribution in [3.05, 3.63) is 95.0 Å². The Hall–Kier alpha value is -4.13. The Morgan fingerprint density at radius 3 is 2.52 bits per heavy atom. The molecule has 0 aliphatic rings. The van der Waals surface area contributed by atoms with Crippen molar-refractivity contribution >= 4 is 28.7 Å². The molecule has 0 spiro atoms. The maximum Gasteiger partial charge on any atom is 0.420 e. The van der Waals surface area contributed by atoms with Crippen LogP contribution in [-0.2, 0) is 11.3 Å². The molecule has 0 aliphatic carbocycles. The highest BCUT2D eigenvalue weighted by atomic mass is 16.5. The fraction of sp³-hybridized carbons (Fsp3) is 0.0455. The second-order valence-electron chi connectivity index (χ2n) is 6.24. The van der Waals surface area contributed by atoms with E-state index in [1.807, 2.05) is 6.07 Å².